The summed E-state index contributed by atoms with van der Waals surface area (Å²) in [5.41, 5.74) is 1.73. The monoisotopic (exact) mass is 507 g/mol. The van der Waals surface area contributed by atoms with Crippen LogP contribution in [-0.2, 0) is 14.3 Å². The first-order valence-corrected chi connectivity index (χ1v) is 11.2. The number of aliphatic imine (C=N–C) groups is 2. The van der Waals surface area contributed by atoms with Crippen LogP contribution in [0.4, 0.5) is 0 Å². The van der Waals surface area contributed by atoms with Crippen molar-refractivity contribution in [3.8, 4) is 0 Å². The van der Waals surface area contributed by atoms with Crippen LogP contribution in [0.2, 0.25) is 0 Å². The maximum atomic E-state index is 12.2. The standard InChI is InChI=1S/C24H25N7O6/c32-22(19-4-1-7-25-16-19)28-10-13-35-23(20-5-2-8-26-17-20)29-11-14-36-24(21-6-3-9-27-18-21)30-12-15-37-31(33)34/h1-9,16-18H,10-15H2,(H,28,32). The molecular weight excluding hydrogens is 482 g/mol. The van der Waals surface area contributed by atoms with Gasteiger partial charge in [0.2, 0.25) is 11.8 Å². The summed E-state index contributed by atoms with van der Waals surface area (Å²) < 4.78 is 11.6. The van der Waals surface area contributed by atoms with Crippen molar-refractivity contribution >= 4 is 17.7 Å². The van der Waals surface area contributed by atoms with E-state index in [9.17, 15) is 14.9 Å². The van der Waals surface area contributed by atoms with Crippen LogP contribution in [0.1, 0.15) is 21.5 Å². The second-order valence-electron chi connectivity index (χ2n) is 7.11. The van der Waals surface area contributed by atoms with E-state index < -0.39 is 5.09 Å². The molecule has 37 heavy (non-hydrogen) atoms. The van der Waals surface area contributed by atoms with E-state index >= 15 is 0 Å². The predicted octanol–water partition coefficient (Wildman–Crippen LogP) is 1.74. The van der Waals surface area contributed by atoms with Gasteiger partial charge in [-0.1, -0.05) is 0 Å². The van der Waals surface area contributed by atoms with Gasteiger partial charge < -0.3 is 19.6 Å². The quantitative estimate of drug-likeness (QED) is 0.119. The Morgan fingerprint density at radius 3 is 1.84 bits per heavy atom. The van der Waals surface area contributed by atoms with Crippen LogP contribution >= 0.6 is 0 Å². The Hall–Kier alpha value is -4.94. The lowest BCUT2D eigenvalue weighted by Crippen LogP contribution is -2.28. The maximum Gasteiger partial charge on any atom is 0.294 e. The minimum atomic E-state index is -0.876. The summed E-state index contributed by atoms with van der Waals surface area (Å²) in [6.07, 6.45) is 9.51. The number of nitrogens with one attached hydrogen (secondary N) is 1. The molecule has 0 fully saturated rings. The van der Waals surface area contributed by atoms with Gasteiger partial charge in [-0.2, -0.15) is 0 Å². The fourth-order valence-electron chi connectivity index (χ4n) is 2.88. The smallest absolute Gasteiger partial charge is 0.294 e. The van der Waals surface area contributed by atoms with Gasteiger partial charge in [0.25, 0.3) is 11.0 Å². The largest absolute Gasteiger partial charge is 0.476 e. The van der Waals surface area contributed by atoms with E-state index in [2.05, 4.69) is 35.1 Å². The third kappa shape index (κ3) is 9.68. The average Bonchev–Trinajstić information content (AvgIpc) is 2.94. The van der Waals surface area contributed by atoms with E-state index in [-0.39, 0.29) is 51.3 Å². The highest BCUT2D eigenvalue weighted by atomic mass is 16.9. The van der Waals surface area contributed by atoms with Gasteiger partial charge in [0.05, 0.1) is 36.3 Å². The zero-order valence-corrected chi connectivity index (χ0v) is 19.8. The van der Waals surface area contributed by atoms with Crippen molar-refractivity contribution in [2.75, 3.05) is 39.5 Å². The number of nitrogens with zero attached hydrogens (tertiary/aromatic N) is 6. The highest BCUT2D eigenvalue weighted by Crippen LogP contribution is 2.04. The molecular formula is C24H25N7O6. The highest BCUT2D eigenvalue weighted by Gasteiger charge is 2.09. The summed E-state index contributed by atoms with van der Waals surface area (Å²) >= 11 is 0. The number of amides is 1. The fraction of sp³-hybridized carbons (Fsp3) is 0.250. The lowest BCUT2D eigenvalue weighted by molar-refractivity contribution is -0.757. The average molecular weight is 508 g/mol. The molecule has 0 radical (unpaired) electrons. The number of pyridine rings is 3. The molecule has 13 nitrogen and oxygen atoms in total. The highest BCUT2D eigenvalue weighted by molar-refractivity contribution is 5.95. The van der Waals surface area contributed by atoms with E-state index in [1.807, 2.05) is 0 Å². The third-order valence-electron chi connectivity index (χ3n) is 4.50. The number of hydrogen-bond acceptors (Lipinski definition) is 11. The molecule has 3 heterocycles. The summed E-state index contributed by atoms with van der Waals surface area (Å²) in [4.78, 5) is 47.6. The molecule has 0 aliphatic rings. The van der Waals surface area contributed by atoms with Crippen LogP contribution < -0.4 is 5.32 Å². The third-order valence-corrected chi connectivity index (χ3v) is 4.50. The zero-order chi connectivity index (χ0) is 26.1. The van der Waals surface area contributed by atoms with E-state index in [1.165, 1.54) is 6.20 Å². The Labute approximate surface area is 212 Å². The molecule has 3 aromatic rings. The number of aromatic nitrogens is 3. The van der Waals surface area contributed by atoms with Gasteiger partial charge >= 0.3 is 0 Å². The van der Waals surface area contributed by atoms with Crippen molar-refractivity contribution in [1.29, 1.82) is 0 Å². The van der Waals surface area contributed by atoms with Crippen molar-refractivity contribution in [2.45, 2.75) is 0 Å². The molecule has 0 aliphatic carbocycles. The lowest BCUT2D eigenvalue weighted by atomic mass is 10.3. The van der Waals surface area contributed by atoms with E-state index in [4.69, 9.17) is 9.47 Å². The fourth-order valence-corrected chi connectivity index (χ4v) is 2.88. The first kappa shape index (κ1) is 26.7. The number of hydrogen-bond donors (Lipinski definition) is 1. The number of carbonyl (C=O) groups is 1. The van der Waals surface area contributed by atoms with Crippen LogP contribution in [0.3, 0.4) is 0 Å². The van der Waals surface area contributed by atoms with Gasteiger partial charge in [0.15, 0.2) is 0 Å². The molecule has 13 heteroatoms. The molecule has 192 valence electrons. The normalized spacial score (nSPS) is 11.5. The summed E-state index contributed by atoms with van der Waals surface area (Å²) in [5, 5.41) is 12.2. The molecule has 0 aliphatic heterocycles. The van der Waals surface area contributed by atoms with Crippen LogP contribution in [0.25, 0.3) is 0 Å². The minimum Gasteiger partial charge on any atom is -0.476 e. The number of carbonyl (C=O) groups excluding carboxylic acids is 1. The van der Waals surface area contributed by atoms with E-state index in [0.29, 0.717) is 22.6 Å². The van der Waals surface area contributed by atoms with Crippen LogP contribution in [0, 0.1) is 10.1 Å². The Morgan fingerprint density at radius 1 is 0.811 bits per heavy atom. The Balaban J connectivity index is 1.56. The summed E-state index contributed by atoms with van der Waals surface area (Å²) in [7, 11) is 0. The molecule has 1 N–H and O–H groups in total. The molecule has 0 atom stereocenters. The predicted molar refractivity (Wildman–Crippen MR) is 133 cm³/mol. The van der Waals surface area contributed by atoms with Crippen molar-refractivity contribution in [1.82, 2.24) is 20.3 Å². The topological polar surface area (TPSA) is 163 Å². The first-order chi connectivity index (χ1) is 18.1. The maximum absolute atomic E-state index is 12.2. The van der Waals surface area contributed by atoms with Gasteiger partial charge in [-0.05, 0) is 36.4 Å². The SMILES string of the molecule is O=C(NCCOC(=NCCOC(=NCCO[N+](=O)[O-])c1cccnc1)c1cccnc1)c1cccnc1. The van der Waals surface area contributed by atoms with E-state index in [0.717, 1.165) is 0 Å². The van der Waals surface area contributed by atoms with Crippen molar-refractivity contribution in [3.63, 3.8) is 0 Å². The van der Waals surface area contributed by atoms with Crippen molar-refractivity contribution in [3.05, 3.63) is 100 Å². The molecule has 0 saturated heterocycles. The van der Waals surface area contributed by atoms with Crippen LogP contribution in [0.15, 0.2) is 83.6 Å². The Kier molecular flexibility index (Phi) is 10.9. The van der Waals surface area contributed by atoms with Crippen LogP contribution in [-0.4, -0.2) is 77.2 Å². The van der Waals surface area contributed by atoms with Crippen molar-refractivity contribution < 1.29 is 24.2 Å². The number of ether oxygens (including phenoxy) is 2. The van der Waals surface area contributed by atoms with E-state index in [1.54, 1.807) is 67.4 Å². The second-order valence-corrected chi connectivity index (χ2v) is 7.11. The molecule has 0 aromatic carbocycles. The Morgan fingerprint density at radius 2 is 1.32 bits per heavy atom. The molecule has 3 rings (SSSR count). The van der Waals surface area contributed by atoms with Gasteiger partial charge in [0, 0.05) is 37.2 Å². The van der Waals surface area contributed by atoms with Gasteiger partial charge in [0.1, 0.15) is 19.8 Å². The van der Waals surface area contributed by atoms with Gasteiger partial charge in [-0.25, -0.2) is 9.98 Å². The first-order valence-electron chi connectivity index (χ1n) is 11.2. The molecule has 0 bridgehead atoms. The zero-order valence-electron chi connectivity index (χ0n) is 19.8. The summed E-state index contributed by atoms with van der Waals surface area (Å²) in [6.45, 7) is 0.635. The molecule has 0 unspecified atom stereocenters. The van der Waals surface area contributed by atoms with Crippen LogP contribution in [0.5, 0.6) is 0 Å². The Bertz CT molecular complexity index is 1180. The van der Waals surface area contributed by atoms with Gasteiger partial charge in [-0.3, -0.25) is 19.7 Å². The second kappa shape index (κ2) is 15.1. The molecule has 3 aromatic heterocycles. The number of rotatable bonds is 13. The lowest BCUT2D eigenvalue weighted by Gasteiger charge is -2.12. The molecule has 0 saturated carbocycles. The van der Waals surface area contributed by atoms with Crippen molar-refractivity contribution in [2.24, 2.45) is 9.98 Å². The molecule has 1 amide bonds. The minimum absolute atomic E-state index is 0.0310. The van der Waals surface area contributed by atoms with Gasteiger partial charge in [-0.15, -0.1) is 10.1 Å². The molecule has 0 spiro atoms. The summed E-state index contributed by atoms with van der Waals surface area (Å²) in [6, 6.07) is 10.4. The summed E-state index contributed by atoms with van der Waals surface area (Å²) in [5.74, 6) is 0.347.